The lowest BCUT2D eigenvalue weighted by Crippen LogP contribution is -1.95. The molecule has 0 atom stereocenters. The first-order valence-electron chi connectivity index (χ1n) is 4.85. The molecular weight excluding hydrogens is 184 g/mol. The van der Waals surface area contributed by atoms with Crippen LogP contribution in [0, 0.1) is 0 Å². The summed E-state index contributed by atoms with van der Waals surface area (Å²) in [6.45, 7) is 0. The summed E-state index contributed by atoms with van der Waals surface area (Å²) in [5, 5.41) is 11.1. The van der Waals surface area contributed by atoms with Gasteiger partial charge in [0.15, 0.2) is 0 Å². The minimum absolute atomic E-state index is 0.733. The van der Waals surface area contributed by atoms with Gasteiger partial charge in [0, 0.05) is 0 Å². The Morgan fingerprint density at radius 1 is 0.733 bits per heavy atom. The fourth-order valence-corrected chi connectivity index (χ4v) is 1.54. The van der Waals surface area contributed by atoms with E-state index in [0.717, 1.165) is 23.0 Å². The van der Waals surface area contributed by atoms with Crippen molar-refractivity contribution in [1.29, 1.82) is 0 Å². The van der Waals surface area contributed by atoms with Crippen molar-refractivity contribution in [2.75, 3.05) is 0 Å². The first kappa shape index (κ1) is 9.53. The summed E-state index contributed by atoms with van der Waals surface area (Å²) in [5.74, 6) is 0. The van der Waals surface area contributed by atoms with Gasteiger partial charge in [-0.2, -0.15) is 0 Å². The average Bonchev–Trinajstić information content (AvgIpc) is 2.33. The molecule has 0 aromatic heterocycles. The summed E-state index contributed by atoms with van der Waals surface area (Å²) in [5.41, 5.74) is 2.65. The van der Waals surface area contributed by atoms with Crippen molar-refractivity contribution in [3.8, 4) is 0 Å². The molecule has 2 rings (SSSR count). The molecule has 0 saturated heterocycles. The van der Waals surface area contributed by atoms with Crippen LogP contribution in [0.25, 0.3) is 5.57 Å². The van der Waals surface area contributed by atoms with E-state index in [0.29, 0.717) is 0 Å². The Balaban J connectivity index is 2.44. The molecule has 0 bridgehead atoms. The lowest BCUT2D eigenvalue weighted by Gasteiger charge is -2.10. The van der Waals surface area contributed by atoms with Gasteiger partial charge < -0.3 is 5.11 Å². The second-order valence-electron chi connectivity index (χ2n) is 3.26. The highest BCUT2D eigenvalue weighted by Crippen LogP contribution is 2.21. The average molecular weight is 195 g/mol. The fourth-order valence-electron chi connectivity index (χ4n) is 1.54. The lowest BCUT2D eigenvalue weighted by molar-refractivity contribution is -0.273. The van der Waals surface area contributed by atoms with Crippen molar-refractivity contribution in [2.24, 2.45) is 0 Å². The molecule has 0 aliphatic heterocycles. The largest absolute Gasteiger partial charge is 0.877 e. The second-order valence-corrected chi connectivity index (χ2v) is 3.26. The monoisotopic (exact) mass is 195 g/mol. The summed E-state index contributed by atoms with van der Waals surface area (Å²) < 4.78 is 0. The zero-order valence-electron chi connectivity index (χ0n) is 8.26. The van der Waals surface area contributed by atoms with Gasteiger partial charge in [0.1, 0.15) is 0 Å². The van der Waals surface area contributed by atoms with E-state index in [1.54, 1.807) is 0 Å². The molecule has 0 radical (unpaired) electrons. The molecule has 0 heterocycles. The molecular formula is C14H11O-. The predicted octanol–water partition coefficient (Wildman–Crippen LogP) is 2.44. The van der Waals surface area contributed by atoms with Gasteiger partial charge in [0.25, 0.3) is 0 Å². The van der Waals surface area contributed by atoms with Gasteiger partial charge in [-0.25, -0.2) is 0 Å². The molecule has 0 amide bonds. The molecule has 2 aromatic rings. The summed E-state index contributed by atoms with van der Waals surface area (Å²) in [7, 11) is 0. The number of benzene rings is 2. The van der Waals surface area contributed by atoms with E-state index >= 15 is 0 Å². The zero-order valence-corrected chi connectivity index (χ0v) is 8.26. The van der Waals surface area contributed by atoms with Gasteiger partial charge in [-0.1, -0.05) is 60.7 Å². The molecule has 0 fully saturated rings. The van der Waals surface area contributed by atoms with E-state index in [4.69, 9.17) is 0 Å². The van der Waals surface area contributed by atoms with E-state index in [9.17, 15) is 5.11 Å². The maximum Gasteiger partial charge on any atom is -0.0190 e. The van der Waals surface area contributed by atoms with Crippen molar-refractivity contribution in [3.05, 3.63) is 78.1 Å². The third-order valence-electron chi connectivity index (χ3n) is 2.29. The Labute approximate surface area is 89.3 Å². The summed E-state index contributed by atoms with van der Waals surface area (Å²) in [6.07, 6.45) is 0.907. The van der Waals surface area contributed by atoms with Crippen LogP contribution in [0.2, 0.25) is 0 Å². The van der Waals surface area contributed by atoms with Crippen LogP contribution in [0.1, 0.15) is 11.1 Å². The van der Waals surface area contributed by atoms with Crippen molar-refractivity contribution in [3.63, 3.8) is 0 Å². The number of hydrogen-bond acceptors (Lipinski definition) is 1. The fraction of sp³-hybridized carbons (Fsp3) is 0. The minimum Gasteiger partial charge on any atom is -0.877 e. The molecule has 15 heavy (non-hydrogen) atoms. The van der Waals surface area contributed by atoms with E-state index in [1.165, 1.54) is 0 Å². The summed E-state index contributed by atoms with van der Waals surface area (Å²) in [4.78, 5) is 0. The second kappa shape index (κ2) is 4.47. The number of hydrogen-bond donors (Lipinski definition) is 0. The summed E-state index contributed by atoms with van der Waals surface area (Å²) >= 11 is 0. The van der Waals surface area contributed by atoms with Gasteiger partial charge in [-0.3, -0.25) is 0 Å². The first-order valence-corrected chi connectivity index (χ1v) is 4.85. The summed E-state index contributed by atoms with van der Waals surface area (Å²) in [6, 6.07) is 19.4. The van der Waals surface area contributed by atoms with E-state index in [1.807, 2.05) is 60.7 Å². The predicted molar refractivity (Wildman–Crippen MR) is 60.0 cm³/mol. The van der Waals surface area contributed by atoms with Crippen molar-refractivity contribution in [1.82, 2.24) is 0 Å². The highest BCUT2D eigenvalue weighted by atomic mass is 16.2. The van der Waals surface area contributed by atoms with Crippen molar-refractivity contribution >= 4 is 5.57 Å². The van der Waals surface area contributed by atoms with Crippen molar-refractivity contribution in [2.45, 2.75) is 0 Å². The molecule has 0 aliphatic rings. The molecule has 0 unspecified atom stereocenters. The Bertz CT molecular complexity index is 402. The normalized spacial score (nSPS) is 9.60. The molecule has 2 aromatic carbocycles. The van der Waals surface area contributed by atoms with E-state index in [2.05, 4.69) is 0 Å². The molecule has 0 spiro atoms. The molecule has 0 saturated carbocycles. The Hall–Kier alpha value is -2.02. The van der Waals surface area contributed by atoms with E-state index in [-0.39, 0.29) is 0 Å². The van der Waals surface area contributed by atoms with E-state index < -0.39 is 0 Å². The van der Waals surface area contributed by atoms with Gasteiger partial charge in [-0.05, 0) is 16.7 Å². The molecule has 74 valence electrons. The minimum atomic E-state index is 0.733. The van der Waals surface area contributed by atoms with Gasteiger partial charge in [0.2, 0.25) is 0 Å². The van der Waals surface area contributed by atoms with Gasteiger partial charge in [0.05, 0.1) is 0 Å². The first-order chi connectivity index (χ1) is 7.42. The van der Waals surface area contributed by atoms with Crippen LogP contribution in [0.15, 0.2) is 66.9 Å². The van der Waals surface area contributed by atoms with Crippen LogP contribution in [-0.4, -0.2) is 0 Å². The Kier molecular flexibility index (Phi) is 2.84. The van der Waals surface area contributed by atoms with Crippen LogP contribution in [0.4, 0.5) is 0 Å². The van der Waals surface area contributed by atoms with Crippen LogP contribution < -0.4 is 5.11 Å². The van der Waals surface area contributed by atoms with Crippen LogP contribution in [0.5, 0.6) is 0 Å². The molecule has 0 N–H and O–H groups in total. The van der Waals surface area contributed by atoms with Gasteiger partial charge >= 0.3 is 0 Å². The van der Waals surface area contributed by atoms with Crippen LogP contribution in [-0.2, 0) is 0 Å². The maximum atomic E-state index is 11.1. The SMILES string of the molecule is [O-]C=C(c1ccccc1)c1ccccc1. The quantitative estimate of drug-likeness (QED) is 0.675. The standard InChI is InChI=1S/C14H12O/c15-11-14(12-7-3-1-4-8-12)13-9-5-2-6-10-13/h1-11,15H/p-1. The lowest BCUT2D eigenvalue weighted by atomic mass is 9.99. The molecule has 1 nitrogen and oxygen atoms in total. The Morgan fingerprint density at radius 2 is 1.13 bits per heavy atom. The third kappa shape index (κ3) is 2.08. The zero-order chi connectivity index (χ0) is 10.5. The highest BCUT2D eigenvalue weighted by molar-refractivity contribution is 5.78. The topological polar surface area (TPSA) is 23.1 Å². The van der Waals surface area contributed by atoms with Crippen LogP contribution >= 0.6 is 0 Å². The highest BCUT2D eigenvalue weighted by Gasteiger charge is 2.00. The molecule has 1 heteroatoms. The number of rotatable bonds is 2. The van der Waals surface area contributed by atoms with Gasteiger partial charge in [-0.15, -0.1) is 6.26 Å². The van der Waals surface area contributed by atoms with Crippen molar-refractivity contribution < 1.29 is 5.11 Å². The molecule has 0 aliphatic carbocycles. The Morgan fingerprint density at radius 3 is 1.47 bits per heavy atom. The van der Waals surface area contributed by atoms with Crippen LogP contribution in [0.3, 0.4) is 0 Å². The maximum absolute atomic E-state index is 11.1. The smallest absolute Gasteiger partial charge is 0.0190 e. The third-order valence-corrected chi connectivity index (χ3v) is 2.29.